The molecule has 2 aromatic heterocycles. The highest BCUT2D eigenvalue weighted by Crippen LogP contribution is 2.29. The molecule has 0 N–H and O–H groups in total. The van der Waals surface area contributed by atoms with E-state index >= 15 is 0 Å². The van der Waals surface area contributed by atoms with Crippen LogP contribution >= 0.6 is 0 Å². The van der Waals surface area contributed by atoms with Gasteiger partial charge in [-0.1, -0.05) is 0 Å². The van der Waals surface area contributed by atoms with Crippen LogP contribution in [0.1, 0.15) is 18.2 Å². The van der Waals surface area contributed by atoms with E-state index in [4.69, 9.17) is 4.74 Å². The van der Waals surface area contributed by atoms with Gasteiger partial charge in [0.25, 0.3) is 0 Å². The summed E-state index contributed by atoms with van der Waals surface area (Å²) in [6.07, 6.45) is 6.67. The second-order valence-electron chi connectivity index (χ2n) is 6.16. The molecule has 1 unspecified atom stereocenters. The zero-order valence-electron chi connectivity index (χ0n) is 13.4. The molecule has 4 heterocycles. The van der Waals surface area contributed by atoms with Gasteiger partial charge in [-0.3, -0.25) is 0 Å². The number of aryl methyl sites for hydroxylation is 1. The molecule has 1 atom stereocenters. The first-order valence-electron chi connectivity index (χ1n) is 8.18. The minimum Gasteiger partial charge on any atom is -0.378 e. The Morgan fingerprint density at radius 1 is 1.04 bits per heavy atom. The molecule has 7 nitrogen and oxygen atoms in total. The van der Waals surface area contributed by atoms with Crippen LogP contribution in [0.5, 0.6) is 0 Å². The maximum Gasteiger partial charge on any atom is 0.134 e. The number of hydrogen-bond acceptors (Lipinski definition) is 6. The van der Waals surface area contributed by atoms with Crippen LogP contribution in [-0.2, 0) is 11.8 Å². The standard InChI is InChI=1S/C16H22N6O/c1-20-5-3-17-16(20)13-2-4-22(11-13)15-10-14(18-12-19-15)21-6-8-23-9-7-21/h3,5,10,12-13H,2,4,6-9,11H2,1H3. The molecule has 2 fully saturated rings. The van der Waals surface area contributed by atoms with Crippen molar-refractivity contribution in [3.63, 3.8) is 0 Å². The van der Waals surface area contributed by atoms with Crippen LogP contribution in [0.3, 0.4) is 0 Å². The summed E-state index contributed by atoms with van der Waals surface area (Å²) in [5.74, 6) is 3.64. The van der Waals surface area contributed by atoms with Gasteiger partial charge in [-0.05, 0) is 6.42 Å². The Morgan fingerprint density at radius 2 is 1.83 bits per heavy atom. The Kier molecular flexibility index (Phi) is 3.87. The first kappa shape index (κ1) is 14.4. The summed E-state index contributed by atoms with van der Waals surface area (Å²) in [6, 6.07) is 2.10. The van der Waals surface area contributed by atoms with Crippen LogP contribution in [0.4, 0.5) is 11.6 Å². The third-order valence-electron chi connectivity index (χ3n) is 4.71. The fourth-order valence-electron chi connectivity index (χ4n) is 3.43. The SMILES string of the molecule is Cn1ccnc1C1CCN(c2cc(N3CCOCC3)ncn2)C1. The zero-order chi connectivity index (χ0) is 15.6. The van der Waals surface area contributed by atoms with Gasteiger partial charge >= 0.3 is 0 Å². The van der Waals surface area contributed by atoms with Crippen molar-refractivity contribution in [2.24, 2.45) is 7.05 Å². The van der Waals surface area contributed by atoms with Crippen LogP contribution in [0.2, 0.25) is 0 Å². The van der Waals surface area contributed by atoms with Gasteiger partial charge in [-0.25, -0.2) is 15.0 Å². The van der Waals surface area contributed by atoms with E-state index in [1.165, 1.54) is 0 Å². The third kappa shape index (κ3) is 2.88. The molecule has 2 aliphatic rings. The predicted molar refractivity (Wildman–Crippen MR) is 87.8 cm³/mol. The van der Waals surface area contributed by atoms with E-state index in [1.807, 2.05) is 12.4 Å². The minimum atomic E-state index is 0.469. The molecule has 2 aromatic rings. The van der Waals surface area contributed by atoms with E-state index < -0.39 is 0 Å². The summed E-state index contributed by atoms with van der Waals surface area (Å²) in [5.41, 5.74) is 0. The summed E-state index contributed by atoms with van der Waals surface area (Å²) < 4.78 is 7.53. The molecule has 0 saturated carbocycles. The van der Waals surface area contributed by atoms with E-state index in [9.17, 15) is 0 Å². The van der Waals surface area contributed by atoms with Gasteiger partial charge in [0.1, 0.15) is 23.8 Å². The van der Waals surface area contributed by atoms with Gasteiger partial charge in [0.05, 0.1) is 13.2 Å². The Morgan fingerprint density at radius 3 is 2.57 bits per heavy atom. The average Bonchev–Trinajstić information content (AvgIpc) is 3.24. The van der Waals surface area contributed by atoms with Crippen LogP contribution in [0, 0.1) is 0 Å². The molecule has 122 valence electrons. The van der Waals surface area contributed by atoms with Gasteiger partial charge in [0.2, 0.25) is 0 Å². The Labute approximate surface area is 135 Å². The maximum absolute atomic E-state index is 5.41. The topological polar surface area (TPSA) is 59.3 Å². The number of imidazole rings is 1. The highest BCUT2D eigenvalue weighted by molar-refractivity contribution is 5.51. The Balaban J connectivity index is 1.49. The molecule has 0 amide bonds. The summed E-state index contributed by atoms with van der Waals surface area (Å²) in [4.78, 5) is 18.0. The number of rotatable bonds is 3. The summed E-state index contributed by atoms with van der Waals surface area (Å²) in [6.45, 7) is 5.30. The van der Waals surface area contributed by atoms with E-state index in [-0.39, 0.29) is 0 Å². The normalized spacial score (nSPS) is 21.9. The lowest BCUT2D eigenvalue weighted by atomic mass is 10.1. The molecule has 23 heavy (non-hydrogen) atoms. The second kappa shape index (κ2) is 6.16. The number of ether oxygens (including phenoxy) is 1. The molecule has 0 spiro atoms. The molecule has 4 rings (SSSR count). The van der Waals surface area contributed by atoms with Crippen molar-refractivity contribution in [3.8, 4) is 0 Å². The molecule has 7 heteroatoms. The number of morpholine rings is 1. The summed E-state index contributed by atoms with van der Waals surface area (Å²) >= 11 is 0. The van der Waals surface area contributed by atoms with Gasteiger partial charge in [0.15, 0.2) is 0 Å². The van der Waals surface area contributed by atoms with Gasteiger partial charge < -0.3 is 19.1 Å². The highest BCUT2D eigenvalue weighted by atomic mass is 16.5. The monoisotopic (exact) mass is 314 g/mol. The number of nitrogens with zero attached hydrogens (tertiary/aromatic N) is 6. The molecule has 0 bridgehead atoms. The lowest BCUT2D eigenvalue weighted by Gasteiger charge is -2.28. The van der Waals surface area contributed by atoms with Gasteiger partial charge in [-0.15, -0.1) is 0 Å². The number of anilines is 2. The van der Waals surface area contributed by atoms with Crippen LogP contribution in [0.25, 0.3) is 0 Å². The molecule has 0 aliphatic carbocycles. The van der Waals surface area contributed by atoms with Gasteiger partial charge in [-0.2, -0.15) is 0 Å². The zero-order valence-corrected chi connectivity index (χ0v) is 13.4. The van der Waals surface area contributed by atoms with Crippen molar-refractivity contribution in [1.82, 2.24) is 19.5 Å². The van der Waals surface area contributed by atoms with Crippen LogP contribution in [0.15, 0.2) is 24.8 Å². The van der Waals surface area contributed by atoms with E-state index in [0.717, 1.165) is 63.3 Å². The van der Waals surface area contributed by atoms with E-state index in [2.05, 4.69) is 42.4 Å². The Hall–Kier alpha value is -2.15. The molecule has 0 aromatic carbocycles. The summed E-state index contributed by atoms with van der Waals surface area (Å²) in [7, 11) is 2.06. The van der Waals surface area contributed by atoms with Crippen molar-refractivity contribution in [3.05, 3.63) is 30.6 Å². The maximum atomic E-state index is 5.41. The van der Waals surface area contributed by atoms with Crippen molar-refractivity contribution < 1.29 is 4.74 Å². The Bertz CT molecular complexity index is 666. The third-order valence-corrected chi connectivity index (χ3v) is 4.71. The van der Waals surface area contributed by atoms with Crippen molar-refractivity contribution in [2.45, 2.75) is 12.3 Å². The smallest absolute Gasteiger partial charge is 0.134 e. The van der Waals surface area contributed by atoms with Crippen LogP contribution in [-0.4, -0.2) is 58.9 Å². The molecular formula is C16H22N6O. The molecule has 0 radical (unpaired) electrons. The highest BCUT2D eigenvalue weighted by Gasteiger charge is 2.28. The van der Waals surface area contributed by atoms with Crippen LogP contribution < -0.4 is 9.80 Å². The van der Waals surface area contributed by atoms with E-state index in [1.54, 1.807) is 6.33 Å². The molecule has 2 saturated heterocycles. The predicted octanol–water partition coefficient (Wildman–Crippen LogP) is 1.04. The van der Waals surface area contributed by atoms with Crippen molar-refractivity contribution >= 4 is 11.6 Å². The lowest BCUT2D eigenvalue weighted by Crippen LogP contribution is -2.37. The minimum absolute atomic E-state index is 0.469. The first-order chi connectivity index (χ1) is 11.3. The first-order valence-corrected chi connectivity index (χ1v) is 8.18. The van der Waals surface area contributed by atoms with E-state index in [0.29, 0.717) is 5.92 Å². The fourth-order valence-corrected chi connectivity index (χ4v) is 3.43. The van der Waals surface area contributed by atoms with Gasteiger partial charge in [0, 0.05) is 57.6 Å². The van der Waals surface area contributed by atoms with Crippen molar-refractivity contribution in [1.29, 1.82) is 0 Å². The average molecular weight is 314 g/mol. The largest absolute Gasteiger partial charge is 0.378 e. The quantitative estimate of drug-likeness (QED) is 0.844. The second-order valence-corrected chi connectivity index (χ2v) is 6.16. The van der Waals surface area contributed by atoms with Crippen molar-refractivity contribution in [2.75, 3.05) is 49.2 Å². The molecule has 2 aliphatic heterocycles. The lowest BCUT2D eigenvalue weighted by molar-refractivity contribution is 0.122. The molecular weight excluding hydrogens is 292 g/mol. The summed E-state index contributed by atoms with van der Waals surface area (Å²) in [5, 5.41) is 0. The number of aromatic nitrogens is 4. The fraction of sp³-hybridized carbons (Fsp3) is 0.562. The number of hydrogen-bond donors (Lipinski definition) is 0.